The zero-order valence-electron chi connectivity index (χ0n) is 15.9. The number of nitrogen functional groups attached to an aromatic ring is 1. The number of aryl methyl sites for hydroxylation is 1. The lowest BCUT2D eigenvalue weighted by molar-refractivity contribution is 0.0878. The first kappa shape index (κ1) is 19.1. The molecule has 1 aromatic heterocycles. The standard InChI is InChI=1S/C22H12BrN3O5/c1-8-6-12(23)15-16(19(29)10-5-3-2-4-9(10)18(15)28)17(8)26-13(27)7-11-14(20(26)24)22(31)25-21(11)30/h2-7H,24H2,1H3,(H,25,30,31). The molecule has 0 bridgehead atoms. The van der Waals surface area contributed by atoms with Gasteiger partial charge < -0.3 is 5.73 Å². The fourth-order valence-electron chi connectivity index (χ4n) is 4.16. The molecule has 2 aliphatic rings. The molecule has 0 fully saturated rings. The molecule has 0 radical (unpaired) electrons. The predicted octanol–water partition coefficient (Wildman–Crippen LogP) is 2.15. The van der Waals surface area contributed by atoms with Gasteiger partial charge in [-0.1, -0.05) is 24.3 Å². The first-order valence-electron chi connectivity index (χ1n) is 9.15. The monoisotopic (exact) mass is 477 g/mol. The van der Waals surface area contributed by atoms with Crippen molar-refractivity contribution in [3.8, 4) is 5.69 Å². The van der Waals surface area contributed by atoms with Gasteiger partial charge in [0.2, 0.25) is 0 Å². The van der Waals surface area contributed by atoms with Gasteiger partial charge in [0.1, 0.15) is 5.82 Å². The fraction of sp³-hybridized carbons (Fsp3) is 0.0455. The molecule has 2 heterocycles. The van der Waals surface area contributed by atoms with Crippen molar-refractivity contribution in [2.24, 2.45) is 0 Å². The second-order valence-electron chi connectivity index (χ2n) is 7.25. The Morgan fingerprint density at radius 2 is 1.45 bits per heavy atom. The third kappa shape index (κ3) is 2.43. The Kier molecular flexibility index (Phi) is 3.90. The Morgan fingerprint density at radius 1 is 0.839 bits per heavy atom. The summed E-state index contributed by atoms with van der Waals surface area (Å²) in [5, 5.41) is 2.11. The number of imide groups is 1. The summed E-state index contributed by atoms with van der Waals surface area (Å²) in [5.41, 5.74) is 6.37. The maximum Gasteiger partial charge on any atom is 0.262 e. The molecule has 2 amide bonds. The molecule has 0 saturated heterocycles. The number of carbonyl (C=O) groups excluding carboxylic acids is 4. The zero-order chi connectivity index (χ0) is 22.2. The maximum atomic E-state index is 13.5. The van der Waals surface area contributed by atoms with E-state index in [0.29, 0.717) is 10.0 Å². The number of fused-ring (bicyclic) bond motifs is 3. The van der Waals surface area contributed by atoms with E-state index in [1.807, 2.05) is 0 Å². The highest BCUT2D eigenvalue weighted by atomic mass is 79.9. The largest absolute Gasteiger partial charge is 0.384 e. The van der Waals surface area contributed by atoms with E-state index < -0.39 is 23.2 Å². The number of amides is 2. The molecule has 8 nitrogen and oxygen atoms in total. The van der Waals surface area contributed by atoms with Crippen molar-refractivity contribution in [2.45, 2.75) is 6.92 Å². The molecule has 0 spiro atoms. The molecule has 1 aliphatic heterocycles. The average molecular weight is 478 g/mol. The summed E-state index contributed by atoms with van der Waals surface area (Å²) >= 11 is 3.36. The van der Waals surface area contributed by atoms with Crippen molar-refractivity contribution in [1.82, 2.24) is 9.88 Å². The van der Waals surface area contributed by atoms with Crippen LogP contribution < -0.4 is 16.6 Å². The molecule has 1 aliphatic carbocycles. The summed E-state index contributed by atoms with van der Waals surface area (Å²) in [6.07, 6.45) is 0. The number of aromatic nitrogens is 1. The number of nitrogens with one attached hydrogen (secondary N) is 1. The molecule has 3 N–H and O–H groups in total. The summed E-state index contributed by atoms with van der Waals surface area (Å²) in [6.45, 7) is 1.66. The number of carbonyl (C=O) groups is 4. The van der Waals surface area contributed by atoms with Crippen molar-refractivity contribution >= 4 is 45.1 Å². The molecule has 0 unspecified atom stereocenters. The topological polar surface area (TPSA) is 128 Å². The third-order valence-corrected chi connectivity index (χ3v) is 6.12. The smallest absolute Gasteiger partial charge is 0.262 e. The second-order valence-corrected chi connectivity index (χ2v) is 8.11. The van der Waals surface area contributed by atoms with E-state index in [1.54, 1.807) is 37.3 Å². The zero-order valence-corrected chi connectivity index (χ0v) is 17.5. The van der Waals surface area contributed by atoms with Gasteiger partial charge in [0.15, 0.2) is 11.6 Å². The summed E-state index contributed by atoms with van der Waals surface area (Å²) in [6, 6.07) is 9.03. The second kappa shape index (κ2) is 6.32. The molecule has 0 atom stereocenters. The summed E-state index contributed by atoms with van der Waals surface area (Å²) in [5.74, 6) is -2.55. The molecule has 2 aromatic carbocycles. The summed E-state index contributed by atoms with van der Waals surface area (Å²) in [7, 11) is 0. The maximum absolute atomic E-state index is 13.5. The Bertz CT molecular complexity index is 1490. The summed E-state index contributed by atoms with van der Waals surface area (Å²) < 4.78 is 1.41. The molecule has 152 valence electrons. The Hall–Kier alpha value is -3.85. The number of ketones is 2. The molecule has 9 heteroatoms. The van der Waals surface area contributed by atoms with Gasteiger partial charge in [0, 0.05) is 21.7 Å². The van der Waals surface area contributed by atoms with Gasteiger partial charge in [0.05, 0.1) is 27.9 Å². The molecule has 5 rings (SSSR count). The number of nitrogens with two attached hydrogens (primary N) is 1. The number of halogens is 1. The lowest BCUT2D eigenvalue weighted by Crippen LogP contribution is -2.30. The first-order chi connectivity index (χ1) is 14.7. The van der Waals surface area contributed by atoms with Crippen molar-refractivity contribution in [2.75, 3.05) is 5.73 Å². The van der Waals surface area contributed by atoms with Crippen LogP contribution in [0.25, 0.3) is 5.69 Å². The Balaban J connectivity index is 1.92. The minimum Gasteiger partial charge on any atom is -0.384 e. The van der Waals surface area contributed by atoms with Crippen LogP contribution in [0.3, 0.4) is 0 Å². The van der Waals surface area contributed by atoms with Crippen LogP contribution in [0.2, 0.25) is 0 Å². The van der Waals surface area contributed by atoms with Gasteiger partial charge in [-0.05, 0) is 34.5 Å². The van der Waals surface area contributed by atoms with Crippen LogP contribution in [0.5, 0.6) is 0 Å². The number of hydrogen-bond acceptors (Lipinski definition) is 6. The van der Waals surface area contributed by atoms with E-state index in [2.05, 4.69) is 21.2 Å². The van der Waals surface area contributed by atoms with Gasteiger partial charge in [-0.15, -0.1) is 0 Å². The van der Waals surface area contributed by atoms with E-state index in [-0.39, 0.29) is 50.7 Å². The molecular formula is C22H12BrN3O5. The molecule has 31 heavy (non-hydrogen) atoms. The number of anilines is 1. The minimum absolute atomic E-state index is 0.00839. The van der Waals surface area contributed by atoms with E-state index in [1.165, 1.54) is 0 Å². The molecule has 0 saturated carbocycles. The SMILES string of the molecule is Cc1cc(Br)c2c(c1-n1c(N)c3c(cc1=O)C(=O)NC3=O)C(=O)c1ccccc1C2=O. The summed E-state index contributed by atoms with van der Waals surface area (Å²) in [4.78, 5) is 63.9. The van der Waals surface area contributed by atoms with Gasteiger partial charge in [-0.25, -0.2) is 0 Å². The highest BCUT2D eigenvalue weighted by molar-refractivity contribution is 9.10. The van der Waals surface area contributed by atoms with E-state index >= 15 is 0 Å². The van der Waals surface area contributed by atoms with Crippen molar-refractivity contribution in [3.05, 3.63) is 90.2 Å². The van der Waals surface area contributed by atoms with Crippen LogP contribution in [-0.2, 0) is 0 Å². The number of nitrogens with zero attached hydrogens (tertiary/aromatic N) is 1. The fourth-order valence-corrected chi connectivity index (χ4v) is 4.88. The lowest BCUT2D eigenvalue weighted by atomic mass is 9.82. The van der Waals surface area contributed by atoms with Crippen molar-refractivity contribution < 1.29 is 19.2 Å². The highest BCUT2D eigenvalue weighted by Gasteiger charge is 2.37. The predicted molar refractivity (Wildman–Crippen MR) is 114 cm³/mol. The van der Waals surface area contributed by atoms with Gasteiger partial charge in [-0.2, -0.15) is 0 Å². The number of benzene rings is 2. The molecular weight excluding hydrogens is 466 g/mol. The third-order valence-electron chi connectivity index (χ3n) is 5.49. The van der Waals surface area contributed by atoms with Crippen LogP contribution >= 0.6 is 15.9 Å². The van der Waals surface area contributed by atoms with Crippen LogP contribution in [0.15, 0.2) is 45.7 Å². The van der Waals surface area contributed by atoms with Gasteiger partial charge in [0.25, 0.3) is 17.4 Å². The van der Waals surface area contributed by atoms with Crippen LogP contribution in [0.4, 0.5) is 5.82 Å². The van der Waals surface area contributed by atoms with Crippen molar-refractivity contribution in [3.63, 3.8) is 0 Å². The Labute approximate surface area is 182 Å². The van der Waals surface area contributed by atoms with Gasteiger partial charge >= 0.3 is 0 Å². The minimum atomic E-state index is -0.734. The number of rotatable bonds is 1. The van der Waals surface area contributed by atoms with Crippen molar-refractivity contribution in [1.29, 1.82) is 0 Å². The number of hydrogen-bond donors (Lipinski definition) is 2. The van der Waals surface area contributed by atoms with E-state index in [0.717, 1.165) is 10.6 Å². The average Bonchev–Trinajstić information content (AvgIpc) is 3.00. The van der Waals surface area contributed by atoms with Gasteiger partial charge in [-0.3, -0.25) is 33.9 Å². The highest BCUT2D eigenvalue weighted by Crippen LogP contribution is 2.38. The van der Waals surface area contributed by atoms with E-state index in [9.17, 15) is 24.0 Å². The molecule has 3 aromatic rings. The quantitative estimate of drug-likeness (QED) is 0.404. The van der Waals surface area contributed by atoms with E-state index in [4.69, 9.17) is 5.73 Å². The lowest BCUT2D eigenvalue weighted by Gasteiger charge is -2.24. The Morgan fingerprint density at radius 3 is 2.10 bits per heavy atom. The van der Waals surface area contributed by atoms with Crippen LogP contribution in [-0.4, -0.2) is 27.9 Å². The van der Waals surface area contributed by atoms with Crippen LogP contribution in [0.1, 0.15) is 58.1 Å². The first-order valence-corrected chi connectivity index (χ1v) is 9.94. The number of pyridine rings is 1. The normalized spacial score (nSPS) is 14.3. The van der Waals surface area contributed by atoms with Crippen LogP contribution in [0, 0.1) is 6.92 Å².